The van der Waals surface area contributed by atoms with Crippen LogP contribution in [0.25, 0.3) is 0 Å². The van der Waals surface area contributed by atoms with Crippen LogP contribution in [0.5, 0.6) is 0 Å². The lowest BCUT2D eigenvalue weighted by molar-refractivity contribution is 0.635. The molecule has 1 aliphatic rings. The highest BCUT2D eigenvalue weighted by Crippen LogP contribution is 2.40. The Labute approximate surface area is 78.7 Å². The molecule has 0 aliphatic heterocycles. The number of halogens is 1. The van der Waals surface area contributed by atoms with Gasteiger partial charge in [-0.1, -0.05) is 0 Å². The molecular formula is C8H10BrNS. The Morgan fingerprint density at radius 2 is 2.36 bits per heavy atom. The Balaban J connectivity index is 2.14. The van der Waals surface area contributed by atoms with Crippen LogP contribution in [0.2, 0.25) is 0 Å². The van der Waals surface area contributed by atoms with Crippen molar-refractivity contribution in [2.75, 3.05) is 0 Å². The molecule has 1 saturated carbocycles. The maximum Gasteiger partial charge on any atom is 0.0701 e. The Hall–Kier alpha value is 0.140. The zero-order valence-corrected chi connectivity index (χ0v) is 8.49. The molecule has 1 nitrogen and oxygen atoms in total. The van der Waals surface area contributed by atoms with Crippen molar-refractivity contribution in [3.05, 3.63) is 20.8 Å². The molecular weight excluding hydrogens is 222 g/mol. The first-order valence-electron chi connectivity index (χ1n) is 3.77. The van der Waals surface area contributed by atoms with Crippen molar-refractivity contribution >= 4 is 27.3 Å². The van der Waals surface area contributed by atoms with E-state index in [1.54, 1.807) is 11.3 Å². The van der Waals surface area contributed by atoms with E-state index in [1.165, 1.54) is 22.2 Å². The normalized spacial score (nSPS) is 20.2. The lowest BCUT2D eigenvalue weighted by Gasteiger charge is -2.05. The predicted molar refractivity (Wildman–Crippen MR) is 51.7 cm³/mol. The lowest BCUT2D eigenvalue weighted by atomic mass is 10.1. The average molecular weight is 232 g/mol. The van der Waals surface area contributed by atoms with Gasteiger partial charge in [0.1, 0.15) is 0 Å². The molecule has 3 heteroatoms. The van der Waals surface area contributed by atoms with Gasteiger partial charge in [0.2, 0.25) is 0 Å². The highest BCUT2D eigenvalue weighted by molar-refractivity contribution is 9.11. The molecule has 1 aromatic rings. The molecule has 2 rings (SSSR count). The molecule has 0 unspecified atom stereocenters. The first kappa shape index (κ1) is 7.77. The van der Waals surface area contributed by atoms with Gasteiger partial charge in [-0.05, 0) is 51.7 Å². The van der Waals surface area contributed by atoms with Gasteiger partial charge in [-0.25, -0.2) is 0 Å². The molecule has 60 valence electrons. The van der Waals surface area contributed by atoms with Crippen molar-refractivity contribution in [1.29, 1.82) is 0 Å². The topological polar surface area (TPSA) is 26.0 Å². The van der Waals surface area contributed by atoms with Gasteiger partial charge in [-0.15, -0.1) is 11.3 Å². The van der Waals surface area contributed by atoms with Crippen molar-refractivity contribution in [3.8, 4) is 0 Å². The molecule has 0 amide bonds. The van der Waals surface area contributed by atoms with Gasteiger partial charge < -0.3 is 5.73 Å². The molecule has 0 aromatic carbocycles. The van der Waals surface area contributed by atoms with Gasteiger partial charge in [0.15, 0.2) is 0 Å². The van der Waals surface area contributed by atoms with E-state index in [9.17, 15) is 0 Å². The van der Waals surface area contributed by atoms with Crippen LogP contribution in [0.15, 0.2) is 15.2 Å². The van der Waals surface area contributed by atoms with Gasteiger partial charge in [0.05, 0.1) is 3.79 Å². The van der Waals surface area contributed by atoms with Crippen molar-refractivity contribution in [1.82, 2.24) is 0 Å². The molecule has 1 aliphatic carbocycles. The summed E-state index contributed by atoms with van der Waals surface area (Å²) in [5.74, 6) is 0.761. The number of thiophene rings is 1. The summed E-state index contributed by atoms with van der Waals surface area (Å²) < 4.78 is 1.18. The fourth-order valence-electron chi connectivity index (χ4n) is 1.23. The summed E-state index contributed by atoms with van der Waals surface area (Å²) in [7, 11) is 0. The first-order valence-corrected chi connectivity index (χ1v) is 5.44. The maximum atomic E-state index is 6.00. The molecule has 1 aromatic heterocycles. The Morgan fingerprint density at radius 3 is 2.82 bits per heavy atom. The molecule has 0 spiro atoms. The van der Waals surface area contributed by atoms with Crippen LogP contribution in [0.3, 0.4) is 0 Å². The SMILES string of the molecule is N[C@@H](c1csc(Br)c1)C1CC1. The minimum Gasteiger partial charge on any atom is -0.324 e. The lowest BCUT2D eigenvalue weighted by Crippen LogP contribution is -2.10. The summed E-state index contributed by atoms with van der Waals surface area (Å²) in [6.45, 7) is 0. The van der Waals surface area contributed by atoms with Gasteiger partial charge in [-0.3, -0.25) is 0 Å². The second-order valence-electron chi connectivity index (χ2n) is 3.05. The zero-order chi connectivity index (χ0) is 7.84. The van der Waals surface area contributed by atoms with E-state index in [1.807, 2.05) is 0 Å². The number of rotatable bonds is 2. The molecule has 1 fully saturated rings. The van der Waals surface area contributed by atoms with Crippen molar-refractivity contribution < 1.29 is 0 Å². The first-order chi connectivity index (χ1) is 5.27. The van der Waals surface area contributed by atoms with Crippen LogP contribution in [0.1, 0.15) is 24.4 Å². The monoisotopic (exact) mass is 231 g/mol. The molecule has 11 heavy (non-hydrogen) atoms. The van der Waals surface area contributed by atoms with Crippen molar-refractivity contribution in [2.24, 2.45) is 11.7 Å². The standard InChI is InChI=1S/C8H10BrNS/c9-7-3-6(4-11-7)8(10)5-1-2-5/h3-5,8H,1-2,10H2/t8-/m1/s1. The van der Waals surface area contributed by atoms with E-state index < -0.39 is 0 Å². The number of hydrogen-bond acceptors (Lipinski definition) is 2. The van der Waals surface area contributed by atoms with E-state index in [0.29, 0.717) is 0 Å². The van der Waals surface area contributed by atoms with Crippen LogP contribution in [-0.2, 0) is 0 Å². The van der Waals surface area contributed by atoms with Gasteiger partial charge >= 0.3 is 0 Å². The Morgan fingerprint density at radius 1 is 1.64 bits per heavy atom. The summed E-state index contributed by atoms with van der Waals surface area (Å²) in [5, 5.41) is 2.15. The van der Waals surface area contributed by atoms with Crippen LogP contribution in [0.4, 0.5) is 0 Å². The van der Waals surface area contributed by atoms with Gasteiger partial charge in [0, 0.05) is 6.04 Å². The highest BCUT2D eigenvalue weighted by Gasteiger charge is 2.29. The van der Waals surface area contributed by atoms with Crippen LogP contribution in [-0.4, -0.2) is 0 Å². The summed E-state index contributed by atoms with van der Waals surface area (Å²) in [5.41, 5.74) is 7.30. The zero-order valence-electron chi connectivity index (χ0n) is 6.09. The fraction of sp³-hybridized carbons (Fsp3) is 0.500. The Kier molecular flexibility index (Phi) is 2.04. The molecule has 0 radical (unpaired) electrons. The fourth-order valence-corrected chi connectivity index (χ4v) is 2.45. The third-order valence-corrected chi connectivity index (χ3v) is 3.63. The van der Waals surface area contributed by atoms with E-state index in [4.69, 9.17) is 5.73 Å². The van der Waals surface area contributed by atoms with Crippen LogP contribution >= 0.6 is 27.3 Å². The molecule has 1 heterocycles. The van der Waals surface area contributed by atoms with Gasteiger partial charge in [-0.2, -0.15) is 0 Å². The van der Waals surface area contributed by atoms with Crippen LogP contribution < -0.4 is 5.73 Å². The summed E-state index contributed by atoms with van der Waals surface area (Å²) in [6.07, 6.45) is 2.63. The number of nitrogens with two attached hydrogens (primary N) is 1. The third kappa shape index (κ3) is 1.66. The van der Waals surface area contributed by atoms with E-state index in [2.05, 4.69) is 27.4 Å². The average Bonchev–Trinajstić information content (AvgIpc) is 2.74. The largest absolute Gasteiger partial charge is 0.324 e. The predicted octanol–water partition coefficient (Wildman–Crippen LogP) is 2.92. The van der Waals surface area contributed by atoms with Crippen LogP contribution in [0, 0.1) is 5.92 Å². The van der Waals surface area contributed by atoms with Crippen molar-refractivity contribution in [3.63, 3.8) is 0 Å². The Bertz CT molecular complexity index is 254. The highest BCUT2D eigenvalue weighted by atomic mass is 79.9. The minimum absolute atomic E-state index is 0.289. The number of hydrogen-bond donors (Lipinski definition) is 1. The summed E-state index contributed by atoms with van der Waals surface area (Å²) >= 11 is 5.15. The quantitative estimate of drug-likeness (QED) is 0.833. The molecule has 1 atom stereocenters. The van der Waals surface area contributed by atoms with E-state index in [0.717, 1.165) is 5.92 Å². The third-order valence-electron chi connectivity index (χ3n) is 2.10. The second kappa shape index (κ2) is 2.88. The maximum absolute atomic E-state index is 6.00. The molecule has 2 N–H and O–H groups in total. The minimum atomic E-state index is 0.289. The van der Waals surface area contributed by atoms with Gasteiger partial charge in [0.25, 0.3) is 0 Å². The van der Waals surface area contributed by atoms with E-state index >= 15 is 0 Å². The molecule has 0 saturated heterocycles. The van der Waals surface area contributed by atoms with E-state index in [-0.39, 0.29) is 6.04 Å². The molecule has 0 bridgehead atoms. The summed E-state index contributed by atoms with van der Waals surface area (Å²) in [4.78, 5) is 0. The second-order valence-corrected chi connectivity index (χ2v) is 5.34. The van der Waals surface area contributed by atoms with Crippen molar-refractivity contribution in [2.45, 2.75) is 18.9 Å². The smallest absolute Gasteiger partial charge is 0.0701 e. The summed E-state index contributed by atoms with van der Waals surface area (Å²) in [6, 6.07) is 2.42.